The van der Waals surface area contributed by atoms with Crippen molar-refractivity contribution in [2.45, 2.75) is 32.4 Å². The Labute approximate surface area is 129 Å². The smallest absolute Gasteiger partial charge is 0.411 e. The maximum Gasteiger partial charge on any atom is 0.411 e. The minimum absolute atomic E-state index is 0.183. The number of amides is 2. The molecule has 1 saturated heterocycles. The molecule has 0 saturated carbocycles. The Kier molecular flexibility index (Phi) is 4.77. The lowest BCUT2D eigenvalue weighted by Gasteiger charge is -2.27. The Morgan fingerprint density at radius 2 is 1.95 bits per heavy atom. The Morgan fingerprint density at radius 1 is 1.29 bits per heavy atom. The standard InChI is InChI=1S/C15H20N2O3S/c1-15(2,3)20-14(19)17-10-21-9-12(17)13(18)16-11-7-5-4-6-8-11/h4-8,12H,9-10H2,1-3H3,(H,16,18)/t12-/m0/s1. The third kappa shape index (κ3) is 4.39. The summed E-state index contributed by atoms with van der Waals surface area (Å²) in [5, 5.41) is 2.83. The lowest BCUT2D eigenvalue weighted by Crippen LogP contribution is -2.46. The minimum atomic E-state index is -0.565. The highest BCUT2D eigenvalue weighted by molar-refractivity contribution is 7.99. The summed E-state index contributed by atoms with van der Waals surface area (Å²) in [5.74, 6) is 0.872. The zero-order valence-electron chi connectivity index (χ0n) is 12.5. The number of benzene rings is 1. The Morgan fingerprint density at radius 3 is 2.57 bits per heavy atom. The number of hydrogen-bond donors (Lipinski definition) is 1. The van der Waals surface area contributed by atoms with Gasteiger partial charge in [-0.3, -0.25) is 9.69 Å². The van der Waals surface area contributed by atoms with Crippen molar-refractivity contribution in [3.05, 3.63) is 30.3 Å². The second-order valence-electron chi connectivity index (χ2n) is 5.82. The Balaban J connectivity index is 2.01. The SMILES string of the molecule is CC(C)(C)OC(=O)N1CSC[C@H]1C(=O)Nc1ccccc1. The maximum atomic E-state index is 12.3. The number of carbonyl (C=O) groups excluding carboxylic acids is 2. The van der Waals surface area contributed by atoms with Gasteiger partial charge >= 0.3 is 6.09 Å². The summed E-state index contributed by atoms with van der Waals surface area (Å²) >= 11 is 1.55. The van der Waals surface area contributed by atoms with Crippen molar-refractivity contribution in [3.63, 3.8) is 0 Å². The molecule has 1 fully saturated rings. The van der Waals surface area contributed by atoms with Gasteiger partial charge in [0.15, 0.2) is 0 Å². The normalized spacial score (nSPS) is 18.4. The summed E-state index contributed by atoms with van der Waals surface area (Å²) in [4.78, 5) is 25.9. The first kappa shape index (κ1) is 15.7. The topological polar surface area (TPSA) is 58.6 Å². The first-order valence-electron chi connectivity index (χ1n) is 6.80. The number of carbonyl (C=O) groups is 2. The molecule has 0 aliphatic carbocycles. The molecule has 1 heterocycles. The van der Waals surface area contributed by atoms with E-state index in [9.17, 15) is 9.59 Å². The summed E-state index contributed by atoms with van der Waals surface area (Å²) in [5.41, 5.74) is 0.161. The lowest BCUT2D eigenvalue weighted by atomic mass is 10.2. The van der Waals surface area contributed by atoms with Crippen LogP contribution in [0.1, 0.15) is 20.8 Å². The van der Waals surface area contributed by atoms with Crippen LogP contribution >= 0.6 is 11.8 Å². The van der Waals surface area contributed by atoms with Crippen LogP contribution in [-0.2, 0) is 9.53 Å². The van der Waals surface area contributed by atoms with Gasteiger partial charge in [0, 0.05) is 11.4 Å². The van der Waals surface area contributed by atoms with Crippen LogP contribution in [0.2, 0.25) is 0 Å². The van der Waals surface area contributed by atoms with Crippen LogP contribution in [0.15, 0.2) is 30.3 Å². The van der Waals surface area contributed by atoms with Gasteiger partial charge in [0.05, 0.1) is 5.88 Å². The summed E-state index contributed by atoms with van der Waals surface area (Å²) in [6, 6.07) is 8.73. The largest absolute Gasteiger partial charge is 0.444 e. The second kappa shape index (κ2) is 6.39. The average Bonchev–Trinajstić information content (AvgIpc) is 2.87. The highest BCUT2D eigenvalue weighted by Gasteiger charge is 2.37. The van der Waals surface area contributed by atoms with Gasteiger partial charge in [-0.1, -0.05) is 18.2 Å². The van der Waals surface area contributed by atoms with E-state index in [0.717, 1.165) is 5.69 Å². The summed E-state index contributed by atoms with van der Waals surface area (Å²) in [6.45, 7) is 5.44. The molecule has 21 heavy (non-hydrogen) atoms. The van der Waals surface area contributed by atoms with E-state index in [-0.39, 0.29) is 5.91 Å². The van der Waals surface area contributed by atoms with E-state index in [2.05, 4.69) is 5.32 Å². The maximum absolute atomic E-state index is 12.3. The predicted octanol–water partition coefficient (Wildman–Crippen LogP) is 2.94. The number of para-hydroxylation sites is 1. The van der Waals surface area contributed by atoms with Gasteiger partial charge in [-0.05, 0) is 32.9 Å². The molecule has 0 bridgehead atoms. The van der Waals surface area contributed by atoms with Crippen molar-refractivity contribution in [2.24, 2.45) is 0 Å². The van der Waals surface area contributed by atoms with Gasteiger partial charge in [0.1, 0.15) is 11.6 Å². The van der Waals surface area contributed by atoms with Crippen LogP contribution in [-0.4, -0.2) is 40.2 Å². The van der Waals surface area contributed by atoms with E-state index in [1.807, 2.05) is 51.1 Å². The number of hydrogen-bond acceptors (Lipinski definition) is 4. The zero-order valence-corrected chi connectivity index (χ0v) is 13.3. The van der Waals surface area contributed by atoms with Crippen molar-refractivity contribution in [2.75, 3.05) is 16.9 Å². The van der Waals surface area contributed by atoms with E-state index < -0.39 is 17.7 Å². The molecule has 1 atom stereocenters. The Bertz CT molecular complexity index is 513. The highest BCUT2D eigenvalue weighted by atomic mass is 32.2. The fourth-order valence-electron chi connectivity index (χ4n) is 1.91. The molecule has 5 nitrogen and oxygen atoms in total. The summed E-state index contributed by atoms with van der Waals surface area (Å²) < 4.78 is 5.35. The number of thioether (sulfide) groups is 1. The van der Waals surface area contributed by atoms with Crippen LogP contribution in [0.3, 0.4) is 0 Å². The minimum Gasteiger partial charge on any atom is -0.444 e. The van der Waals surface area contributed by atoms with Crippen molar-refractivity contribution in [3.8, 4) is 0 Å². The highest BCUT2D eigenvalue weighted by Crippen LogP contribution is 2.24. The van der Waals surface area contributed by atoms with Gasteiger partial charge < -0.3 is 10.1 Å². The molecule has 114 valence electrons. The van der Waals surface area contributed by atoms with Crippen LogP contribution in [0.5, 0.6) is 0 Å². The number of ether oxygens (including phenoxy) is 1. The molecule has 1 aliphatic rings. The fourth-order valence-corrected chi connectivity index (χ4v) is 3.05. The summed E-state index contributed by atoms with van der Waals surface area (Å²) in [7, 11) is 0. The van der Waals surface area contributed by atoms with Gasteiger partial charge in [-0.2, -0.15) is 0 Å². The molecule has 1 aliphatic heterocycles. The molecular weight excluding hydrogens is 288 g/mol. The molecule has 1 aromatic carbocycles. The summed E-state index contributed by atoms with van der Waals surface area (Å²) in [6.07, 6.45) is -0.444. The average molecular weight is 308 g/mol. The number of anilines is 1. The van der Waals surface area contributed by atoms with E-state index in [1.165, 1.54) is 4.90 Å². The molecule has 0 unspecified atom stereocenters. The monoisotopic (exact) mass is 308 g/mol. The van der Waals surface area contributed by atoms with E-state index >= 15 is 0 Å². The molecule has 2 rings (SSSR count). The number of rotatable bonds is 2. The van der Waals surface area contributed by atoms with Crippen molar-refractivity contribution in [1.82, 2.24) is 4.90 Å². The zero-order chi connectivity index (χ0) is 15.5. The van der Waals surface area contributed by atoms with Crippen molar-refractivity contribution >= 4 is 29.4 Å². The number of nitrogens with zero attached hydrogens (tertiary/aromatic N) is 1. The van der Waals surface area contributed by atoms with Crippen LogP contribution in [0.4, 0.5) is 10.5 Å². The van der Waals surface area contributed by atoms with E-state index in [4.69, 9.17) is 4.74 Å². The van der Waals surface area contributed by atoms with Crippen LogP contribution in [0.25, 0.3) is 0 Å². The molecule has 2 amide bonds. The van der Waals surface area contributed by atoms with Crippen LogP contribution in [0, 0.1) is 0 Å². The van der Waals surface area contributed by atoms with E-state index in [0.29, 0.717) is 11.6 Å². The molecule has 1 N–H and O–H groups in total. The molecule has 0 aromatic heterocycles. The van der Waals surface area contributed by atoms with Crippen molar-refractivity contribution in [1.29, 1.82) is 0 Å². The molecule has 1 aromatic rings. The lowest BCUT2D eigenvalue weighted by molar-refractivity contribution is -0.120. The molecule has 0 spiro atoms. The quantitative estimate of drug-likeness (QED) is 0.912. The second-order valence-corrected chi connectivity index (χ2v) is 6.82. The van der Waals surface area contributed by atoms with E-state index in [1.54, 1.807) is 11.8 Å². The first-order valence-corrected chi connectivity index (χ1v) is 7.95. The molecule has 6 heteroatoms. The Hall–Kier alpha value is -1.69. The van der Waals surface area contributed by atoms with Gasteiger partial charge in [0.25, 0.3) is 0 Å². The fraction of sp³-hybridized carbons (Fsp3) is 0.467. The number of nitrogens with one attached hydrogen (secondary N) is 1. The first-order chi connectivity index (χ1) is 9.87. The van der Waals surface area contributed by atoms with Crippen LogP contribution < -0.4 is 5.32 Å². The van der Waals surface area contributed by atoms with Crippen molar-refractivity contribution < 1.29 is 14.3 Å². The van der Waals surface area contributed by atoms with Gasteiger partial charge in [-0.25, -0.2) is 4.79 Å². The van der Waals surface area contributed by atoms with Gasteiger partial charge in [0.2, 0.25) is 5.91 Å². The molecular formula is C15H20N2O3S. The third-order valence-electron chi connectivity index (χ3n) is 2.85. The third-order valence-corrected chi connectivity index (χ3v) is 3.87. The predicted molar refractivity (Wildman–Crippen MR) is 84.3 cm³/mol. The van der Waals surface area contributed by atoms with Gasteiger partial charge in [-0.15, -0.1) is 11.8 Å². The molecule has 0 radical (unpaired) electrons.